The van der Waals surface area contributed by atoms with Gasteiger partial charge in [0.1, 0.15) is 5.75 Å². The van der Waals surface area contributed by atoms with Gasteiger partial charge < -0.3 is 14.6 Å². The molecule has 0 amide bonds. The van der Waals surface area contributed by atoms with Crippen molar-refractivity contribution in [1.82, 2.24) is 9.88 Å². The summed E-state index contributed by atoms with van der Waals surface area (Å²) in [4.78, 5) is 0. The van der Waals surface area contributed by atoms with Gasteiger partial charge in [0.05, 0.1) is 18.7 Å². The highest BCUT2D eigenvalue weighted by Gasteiger charge is 2.05. The molecule has 19 heavy (non-hydrogen) atoms. The van der Waals surface area contributed by atoms with Crippen LogP contribution in [0.15, 0.2) is 30.5 Å². The quantitative estimate of drug-likeness (QED) is 0.609. The summed E-state index contributed by atoms with van der Waals surface area (Å²) in [5.41, 5.74) is 1.20. The number of benzene rings is 1. The van der Waals surface area contributed by atoms with Gasteiger partial charge in [-0.2, -0.15) is 0 Å². The number of rotatable bonds is 7. The SMILES string of the molecule is C#CCNCCn1ccc2c(OCCC)cccc21. The maximum absolute atomic E-state index is 5.77. The van der Waals surface area contributed by atoms with Crippen LogP contribution in [0.4, 0.5) is 0 Å². The zero-order chi connectivity index (χ0) is 13.5. The van der Waals surface area contributed by atoms with Crippen LogP contribution < -0.4 is 10.1 Å². The van der Waals surface area contributed by atoms with Gasteiger partial charge >= 0.3 is 0 Å². The first-order valence-electron chi connectivity index (χ1n) is 6.71. The fourth-order valence-electron chi connectivity index (χ4n) is 2.09. The molecule has 100 valence electrons. The second-order valence-electron chi connectivity index (χ2n) is 4.43. The van der Waals surface area contributed by atoms with E-state index in [0.29, 0.717) is 6.54 Å². The molecule has 0 aliphatic rings. The molecule has 0 saturated carbocycles. The molecule has 1 heterocycles. The molecule has 0 fully saturated rings. The largest absolute Gasteiger partial charge is 0.493 e. The highest BCUT2D eigenvalue weighted by Crippen LogP contribution is 2.26. The first kappa shape index (κ1) is 13.5. The summed E-state index contributed by atoms with van der Waals surface area (Å²) < 4.78 is 7.99. The normalized spacial score (nSPS) is 10.5. The number of fused-ring (bicyclic) bond motifs is 1. The van der Waals surface area contributed by atoms with Crippen molar-refractivity contribution >= 4 is 10.9 Å². The van der Waals surface area contributed by atoms with Crippen LogP contribution in [-0.4, -0.2) is 24.3 Å². The highest BCUT2D eigenvalue weighted by atomic mass is 16.5. The Balaban J connectivity index is 2.12. The van der Waals surface area contributed by atoms with Crippen molar-refractivity contribution in [3.63, 3.8) is 0 Å². The third-order valence-electron chi connectivity index (χ3n) is 2.99. The van der Waals surface area contributed by atoms with E-state index in [9.17, 15) is 0 Å². The van der Waals surface area contributed by atoms with Crippen molar-refractivity contribution in [2.75, 3.05) is 19.7 Å². The minimum Gasteiger partial charge on any atom is -0.493 e. The molecule has 0 saturated heterocycles. The molecular weight excluding hydrogens is 236 g/mol. The predicted molar refractivity (Wildman–Crippen MR) is 79.4 cm³/mol. The Labute approximate surface area is 114 Å². The van der Waals surface area contributed by atoms with Crippen molar-refractivity contribution in [2.24, 2.45) is 0 Å². The van der Waals surface area contributed by atoms with E-state index in [2.05, 4.69) is 41.1 Å². The lowest BCUT2D eigenvalue weighted by Gasteiger charge is -2.08. The van der Waals surface area contributed by atoms with E-state index in [0.717, 1.165) is 31.9 Å². The van der Waals surface area contributed by atoms with Gasteiger partial charge in [0.15, 0.2) is 0 Å². The number of nitrogens with zero attached hydrogens (tertiary/aromatic N) is 1. The van der Waals surface area contributed by atoms with Gasteiger partial charge in [-0.05, 0) is 24.6 Å². The van der Waals surface area contributed by atoms with E-state index < -0.39 is 0 Å². The van der Waals surface area contributed by atoms with Gasteiger partial charge in [-0.3, -0.25) is 0 Å². The van der Waals surface area contributed by atoms with Crippen LogP contribution in [0.1, 0.15) is 13.3 Å². The van der Waals surface area contributed by atoms with Crippen LogP contribution in [0.2, 0.25) is 0 Å². The summed E-state index contributed by atoms with van der Waals surface area (Å²) in [6.07, 6.45) is 8.33. The topological polar surface area (TPSA) is 26.2 Å². The van der Waals surface area contributed by atoms with Gasteiger partial charge in [-0.1, -0.05) is 18.9 Å². The van der Waals surface area contributed by atoms with Crippen molar-refractivity contribution in [3.8, 4) is 18.1 Å². The maximum Gasteiger partial charge on any atom is 0.128 e. The Kier molecular flexibility index (Phi) is 4.88. The van der Waals surface area contributed by atoms with Gasteiger partial charge in [-0.15, -0.1) is 6.42 Å². The third kappa shape index (κ3) is 3.30. The smallest absolute Gasteiger partial charge is 0.128 e. The first-order valence-corrected chi connectivity index (χ1v) is 6.71. The van der Waals surface area contributed by atoms with E-state index >= 15 is 0 Å². The van der Waals surface area contributed by atoms with Crippen molar-refractivity contribution < 1.29 is 4.74 Å². The van der Waals surface area contributed by atoms with E-state index in [1.54, 1.807) is 0 Å². The lowest BCUT2D eigenvalue weighted by molar-refractivity contribution is 0.321. The van der Waals surface area contributed by atoms with Crippen molar-refractivity contribution in [2.45, 2.75) is 19.9 Å². The minimum absolute atomic E-state index is 0.615. The van der Waals surface area contributed by atoms with Crippen LogP contribution in [0.5, 0.6) is 5.75 Å². The molecule has 0 aliphatic carbocycles. The number of hydrogen-bond donors (Lipinski definition) is 1. The molecule has 3 nitrogen and oxygen atoms in total. The molecule has 1 aromatic carbocycles. The number of ether oxygens (including phenoxy) is 1. The highest BCUT2D eigenvalue weighted by molar-refractivity contribution is 5.86. The summed E-state index contributed by atoms with van der Waals surface area (Å²) in [7, 11) is 0. The van der Waals surface area contributed by atoms with Crippen molar-refractivity contribution in [1.29, 1.82) is 0 Å². The number of hydrogen-bond acceptors (Lipinski definition) is 2. The maximum atomic E-state index is 5.77. The second kappa shape index (κ2) is 6.86. The van der Waals surface area contributed by atoms with Gasteiger partial charge in [-0.25, -0.2) is 0 Å². The molecule has 0 radical (unpaired) electrons. The summed E-state index contributed by atoms with van der Waals surface area (Å²) in [6, 6.07) is 8.30. The fourth-order valence-corrected chi connectivity index (χ4v) is 2.09. The molecule has 1 N–H and O–H groups in total. The fraction of sp³-hybridized carbons (Fsp3) is 0.375. The monoisotopic (exact) mass is 256 g/mol. The van der Waals surface area contributed by atoms with Crippen LogP contribution in [0.25, 0.3) is 10.9 Å². The molecular formula is C16H20N2O. The molecule has 0 aliphatic heterocycles. The lowest BCUT2D eigenvalue weighted by atomic mass is 10.2. The number of terminal acetylenes is 1. The Bertz CT molecular complexity index is 566. The van der Waals surface area contributed by atoms with Gasteiger partial charge in [0, 0.05) is 24.7 Å². The van der Waals surface area contributed by atoms with Gasteiger partial charge in [0.2, 0.25) is 0 Å². The standard InChI is InChI=1S/C16H20N2O/c1-3-9-17-10-12-18-11-8-14-15(18)6-5-7-16(14)19-13-4-2/h1,5-8,11,17H,4,9-10,12-13H2,2H3. The van der Waals surface area contributed by atoms with E-state index in [-0.39, 0.29) is 0 Å². The van der Waals surface area contributed by atoms with E-state index in [1.165, 1.54) is 10.9 Å². The molecule has 2 rings (SSSR count). The molecule has 0 bridgehead atoms. The first-order chi connectivity index (χ1) is 9.36. The van der Waals surface area contributed by atoms with E-state index in [1.807, 2.05) is 12.1 Å². The molecule has 0 spiro atoms. The molecule has 3 heteroatoms. The molecule has 0 atom stereocenters. The van der Waals surface area contributed by atoms with Crippen LogP contribution in [-0.2, 0) is 6.54 Å². The Hall–Kier alpha value is -1.92. The second-order valence-corrected chi connectivity index (χ2v) is 4.43. The van der Waals surface area contributed by atoms with Crippen molar-refractivity contribution in [3.05, 3.63) is 30.5 Å². The molecule has 2 aromatic rings. The zero-order valence-electron chi connectivity index (χ0n) is 11.4. The van der Waals surface area contributed by atoms with Crippen LogP contribution >= 0.6 is 0 Å². The summed E-state index contributed by atoms with van der Waals surface area (Å²) >= 11 is 0. The third-order valence-corrected chi connectivity index (χ3v) is 2.99. The Morgan fingerprint density at radius 2 is 2.26 bits per heavy atom. The van der Waals surface area contributed by atoms with Crippen LogP contribution in [0, 0.1) is 12.3 Å². The summed E-state index contributed by atoms with van der Waals surface area (Å²) in [6.45, 7) is 5.26. The summed E-state index contributed by atoms with van der Waals surface area (Å²) in [5.74, 6) is 3.54. The number of nitrogens with one attached hydrogen (secondary N) is 1. The molecule has 0 unspecified atom stereocenters. The Morgan fingerprint density at radius 3 is 3.05 bits per heavy atom. The number of aromatic nitrogens is 1. The summed E-state index contributed by atoms with van der Waals surface area (Å²) in [5, 5.41) is 4.37. The average Bonchev–Trinajstić information content (AvgIpc) is 2.85. The molecule has 1 aromatic heterocycles. The average molecular weight is 256 g/mol. The minimum atomic E-state index is 0.615. The van der Waals surface area contributed by atoms with E-state index in [4.69, 9.17) is 11.2 Å². The Morgan fingerprint density at radius 1 is 1.37 bits per heavy atom. The van der Waals surface area contributed by atoms with Crippen LogP contribution in [0.3, 0.4) is 0 Å². The van der Waals surface area contributed by atoms with Gasteiger partial charge in [0.25, 0.3) is 0 Å². The predicted octanol–water partition coefficient (Wildman–Crippen LogP) is 2.65. The lowest BCUT2D eigenvalue weighted by Crippen LogP contribution is -2.19. The zero-order valence-corrected chi connectivity index (χ0v) is 11.4.